The van der Waals surface area contributed by atoms with E-state index in [0.29, 0.717) is 37.9 Å². The number of carbonyl (C=O) groups is 1. The van der Waals surface area contributed by atoms with Crippen LogP contribution in [0.25, 0.3) is 0 Å². The number of nitrogens with one attached hydrogen (secondary N) is 3. The molecule has 3 N–H and O–H groups in total. The minimum atomic E-state index is 0.00685. The molecule has 0 radical (unpaired) electrons. The molecule has 3 rings (SSSR count). The fourth-order valence-corrected chi connectivity index (χ4v) is 3.24. The van der Waals surface area contributed by atoms with Crippen LogP contribution in [0.5, 0.6) is 0 Å². The van der Waals surface area contributed by atoms with Crippen LogP contribution in [0.3, 0.4) is 0 Å². The van der Waals surface area contributed by atoms with Gasteiger partial charge in [0.15, 0.2) is 11.8 Å². The number of hydrogen-bond donors (Lipinski definition) is 3. The lowest BCUT2D eigenvalue weighted by Gasteiger charge is -2.25. The minimum absolute atomic E-state index is 0.00685. The predicted molar refractivity (Wildman–Crippen MR) is 110 cm³/mol. The summed E-state index contributed by atoms with van der Waals surface area (Å²) in [6, 6.07) is 10.1. The molecule has 0 spiro atoms. The second-order valence-electron chi connectivity index (χ2n) is 6.95. The molecule has 1 amide bonds. The maximum absolute atomic E-state index is 12.0. The fraction of sp³-hybridized carbons (Fsp3) is 0.500. The molecule has 1 atom stereocenters. The standard InChI is InChI=1S/C20H29N7O2/c1-21-20(22-11-10-19(28)23-12-15-6-4-3-5-7-15)24-16-8-9-18-25-17(14-29-2)26-27(18)13-16/h3-7,16H,8-14H2,1-2H3,(H,23,28)(H2,21,22,24). The van der Waals surface area contributed by atoms with Gasteiger partial charge in [-0.3, -0.25) is 9.79 Å². The Labute approximate surface area is 171 Å². The summed E-state index contributed by atoms with van der Waals surface area (Å²) in [6.45, 7) is 2.21. The highest BCUT2D eigenvalue weighted by molar-refractivity contribution is 5.81. The SMILES string of the molecule is CN=C(NCCC(=O)NCc1ccccc1)NC1CCc2nc(COC)nn2C1. The van der Waals surface area contributed by atoms with Gasteiger partial charge in [0.2, 0.25) is 5.91 Å². The molecule has 0 saturated carbocycles. The van der Waals surface area contributed by atoms with Crippen LogP contribution in [-0.2, 0) is 35.6 Å². The third-order valence-electron chi connectivity index (χ3n) is 4.72. The van der Waals surface area contributed by atoms with Crippen molar-refractivity contribution in [3.05, 3.63) is 47.5 Å². The first-order valence-corrected chi connectivity index (χ1v) is 9.87. The van der Waals surface area contributed by atoms with Gasteiger partial charge in [0, 0.05) is 46.1 Å². The molecular formula is C20H29N7O2. The van der Waals surface area contributed by atoms with Crippen LogP contribution in [-0.4, -0.2) is 53.4 Å². The van der Waals surface area contributed by atoms with Crippen LogP contribution < -0.4 is 16.0 Å². The van der Waals surface area contributed by atoms with Crippen LogP contribution in [0.4, 0.5) is 0 Å². The van der Waals surface area contributed by atoms with Crippen molar-refractivity contribution in [2.24, 2.45) is 4.99 Å². The van der Waals surface area contributed by atoms with E-state index in [1.807, 2.05) is 35.0 Å². The summed E-state index contributed by atoms with van der Waals surface area (Å²) in [5.41, 5.74) is 1.09. The zero-order valence-corrected chi connectivity index (χ0v) is 17.0. The average molecular weight is 399 g/mol. The highest BCUT2D eigenvalue weighted by Crippen LogP contribution is 2.13. The van der Waals surface area contributed by atoms with Crippen molar-refractivity contribution in [2.75, 3.05) is 20.7 Å². The number of nitrogens with zero attached hydrogens (tertiary/aromatic N) is 4. The van der Waals surface area contributed by atoms with Crippen molar-refractivity contribution < 1.29 is 9.53 Å². The molecule has 2 heterocycles. The van der Waals surface area contributed by atoms with Crippen molar-refractivity contribution in [1.82, 2.24) is 30.7 Å². The Morgan fingerprint density at radius 2 is 2.14 bits per heavy atom. The first kappa shape index (κ1) is 20.8. The maximum atomic E-state index is 12.0. The number of aliphatic imine (C=N–C) groups is 1. The van der Waals surface area contributed by atoms with Crippen molar-refractivity contribution in [1.29, 1.82) is 0 Å². The Kier molecular flexibility index (Phi) is 7.57. The molecule has 1 aliphatic heterocycles. The van der Waals surface area contributed by atoms with Crippen molar-refractivity contribution in [3.8, 4) is 0 Å². The third-order valence-corrected chi connectivity index (χ3v) is 4.72. The van der Waals surface area contributed by atoms with Gasteiger partial charge < -0.3 is 20.7 Å². The van der Waals surface area contributed by atoms with Gasteiger partial charge >= 0.3 is 0 Å². The lowest BCUT2D eigenvalue weighted by molar-refractivity contribution is -0.121. The second-order valence-corrected chi connectivity index (χ2v) is 6.95. The summed E-state index contributed by atoms with van der Waals surface area (Å²) in [5.74, 6) is 2.40. The largest absolute Gasteiger partial charge is 0.377 e. The first-order valence-electron chi connectivity index (χ1n) is 9.87. The van der Waals surface area contributed by atoms with E-state index >= 15 is 0 Å². The lowest BCUT2D eigenvalue weighted by atomic mass is 10.1. The fourth-order valence-electron chi connectivity index (χ4n) is 3.24. The first-order chi connectivity index (χ1) is 14.2. The molecule has 0 saturated heterocycles. The lowest BCUT2D eigenvalue weighted by Crippen LogP contribution is -2.47. The van der Waals surface area contributed by atoms with Gasteiger partial charge in [0.25, 0.3) is 0 Å². The molecule has 0 bridgehead atoms. The summed E-state index contributed by atoms with van der Waals surface area (Å²) in [6.07, 6.45) is 2.18. The topological polar surface area (TPSA) is 105 Å². The number of hydrogen-bond acceptors (Lipinski definition) is 5. The molecule has 1 aromatic carbocycles. The number of aromatic nitrogens is 3. The summed E-state index contributed by atoms with van der Waals surface area (Å²) in [4.78, 5) is 20.8. The average Bonchev–Trinajstić information content (AvgIpc) is 3.14. The molecule has 9 nitrogen and oxygen atoms in total. The third kappa shape index (κ3) is 6.28. The van der Waals surface area contributed by atoms with E-state index in [0.717, 1.165) is 30.8 Å². The van der Waals surface area contributed by atoms with Crippen LogP contribution in [0.15, 0.2) is 35.3 Å². The Morgan fingerprint density at radius 3 is 2.90 bits per heavy atom. The van der Waals surface area contributed by atoms with Crippen molar-refractivity contribution >= 4 is 11.9 Å². The number of rotatable bonds is 8. The van der Waals surface area contributed by atoms with Gasteiger partial charge in [-0.05, 0) is 12.0 Å². The van der Waals surface area contributed by atoms with E-state index in [-0.39, 0.29) is 11.9 Å². The number of carbonyl (C=O) groups excluding carboxylic acids is 1. The van der Waals surface area contributed by atoms with Crippen molar-refractivity contribution in [2.45, 2.75) is 45.0 Å². The van der Waals surface area contributed by atoms with Gasteiger partial charge in [-0.15, -0.1) is 0 Å². The normalized spacial score (nSPS) is 16.2. The Balaban J connectivity index is 1.38. The molecular weight excluding hydrogens is 370 g/mol. The van der Waals surface area contributed by atoms with Gasteiger partial charge in [0.05, 0.1) is 6.54 Å². The van der Waals surface area contributed by atoms with Crippen molar-refractivity contribution in [3.63, 3.8) is 0 Å². The number of benzene rings is 1. The van der Waals surface area contributed by atoms with Gasteiger partial charge in [-0.1, -0.05) is 30.3 Å². The van der Waals surface area contributed by atoms with Gasteiger partial charge in [0.1, 0.15) is 12.4 Å². The number of amides is 1. The summed E-state index contributed by atoms with van der Waals surface area (Å²) in [7, 11) is 3.37. The Morgan fingerprint density at radius 1 is 1.31 bits per heavy atom. The monoisotopic (exact) mass is 399 g/mol. The van der Waals surface area contributed by atoms with Gasteiger partial charge in [-0.25, -0.2) is 9.67 Å². The second kappa shape index (κ2) is 10.6. The molecule has 1 unspecified atom stereocenters. The number of fused-ring (bicyclic) bond motifs is 1. The van der Waals surface area contributed by atoms with Crippen LogP contribution in [0.2, 0.25) is 0 Å². The molecule has 1 aromatic heterocycles. The number of ether oxygens (including phenoxy) is 1. The van der Waals surface area contributed by atoms with E-state index in [9.17, 15) is 4.79 Å². The van der Waals surface area contributed by atoms with Gasteiger partial charge in [-0.2, -0.15) is 5.10 Å². The quantitative estimate of drug-likeness (QED) is 0.444. The highest BCUT2D eigenvalue weighted by Gasteiger charge is 2.22. The summed E-state index contributed by atoms with van der Waals surface area (Å²) in [5, 5.41) is 14.0. The van der Waals surface area contributed by atoms with Crippen LogP contribution >= 0.6 is 0 Å². The number of methoxy groups -OCH3 is 1. The van der Waals surface area contributed by atoms with Crippen LogP contribution in [0.1, 0.15) is 30.1 Å². The predicted octanol–water partition coefficient (Wildman–Crippen LogP) is 0.611. The zero-order chi connectivity index (χ0) is 20.5. The smallest absolute Gasteiger partial charge is 0.222 e. The van der Waals surface area contributed by atoms with E-state index in [2.05, 4.69) is 31.0 Å². The molecule has 2 aromatic rings. The number of guanidine groups is 1. The summed E-state index contributed by atoms with van der Waals surface area (Å²) < 4.78 is 7.04. The number of aryl methyl sites for hydroxylation is 1. The Bertz CT molecular complexity index is 819. The molecule has 0 aliphatic carbocycles. The van der Waals surface area contributed by atoms with Crippen LogP contribution in [0, 0.1) is 0 Å². The van der Waals surface area contributed by atoms with E-state index in [1.165, 1.54) is 0 Å². The molecule has 156 valence electrons. The zero-order valence-electron chi connectivity index (χ0n) is 17.0. The Hall–Kier alpha value is -2.94. The summed E-state index contributed by atoms with van der Waals surface area (Å²) >= 11 is 0. The van der Waals surface area contributed by atoms with E-state index < -0.39 is 0 Å². The van der Waals surface area contributed by atoms with E-state index in [4.69, 9.17) is 4.74 Å². The van der Waals surface area contributed by atoms with E-state index in [1.54, 1.807) is 14.2 Å². The molecule has 9 heteroatoms. The maximum Gasteiger partial charge on any atom is 0.222 e. The molecule has 1 aliphatic rings. The minimum Gasteiger partial charge on any atom is -0.377 e. The highest BCUT2D eigenvalue weighted by atomic mass is 16.5. The molecule has 0 fully saturated rings. The molecule has 29 heavy (non-hydrogen) atoms.